The van der Waals surface area contributed by atoms with Crippen molar-refractivity contribution in [2.75, 3.05) is 30.9 Å². The molecule has 1 fully saturated rings. The second-order valence-electron chi connectivity index (χ2n) is 8.25. The number of amides is 1. The first-order chi connectivity index (χ1) is 15.0. The average Bonchev–Trinajstić information content (AvgIpc) is 2.77. The number of pyridine rings is 1. The fourth-order valence-electron chi connectivity index (χ4n) is 4.03. The van der Waals surface area contributed by atoms with Crippen LogP contribution >= 0.6 is 15.9 Å². The van der Waals surface area contributed by atoms with E-state index in [9.17, 15) is 4.79 Å². The van der Waals surface area contributed by atoms with Crippen molar-refractivity contribution in [2.45, 2.75) is 39.2 Å². The monoisotopic (exact) mass is 498 g/mol. The van der Waals surface area contributed by atoms with Gasteiger partial charge in [0.15, 0.2) is 0 Å². The number of hydrogen-bond acceptors (Lipinski definition) is 6. The Hall–Kier alpha value is -2.74. The van der Waals surface area contributed by atoms with E-state index in [1.165, 1.54) is 0 Å². The standard InChI is InChI=1S/C23H27BrN6O.CH4/c1-30(2)21-19-5-3-4-6-20(19)28-23(29-21)27-18-9-7-15(8-10-18)12-26-22(31)16-11-17(24)14-25-13-16;/h3-6,11,13-15,18H,7-10,12H2,1-2H3,(H,26,31)(H,27,28,29);1H4. The molecule has 1 aliphatic rings. The lowest BCUT2D eigenvalue weighted by Gasteiger charge is -2.29. The summed E-state index contributed by atoms with van der Waals surface area (Å²) < 4.78 is 0.806. The molecule has 0 bridgehead atoms. The van der Waals surface area contributed by atoms with E-state index in [1.54, 1.807) is 18.5 Å². The summed E-state index contributed by atoms with van der Waals surface area (Å²) >= 11 is 3.36. The van der Waals surface area contributed by atoms with Crippen molar-refractivity contribution in [1.82, 2.24) is 20.3 Å². The number of fused-ring (bicyclic) bond motifs is 1. The van der Waals surface area contributed by atoms with Crippen molar-refractivity contribution in [2.24, 2.45) is 5.92 Å². The first kappa shape index (κ1) is 23.9. The molecule has 0 unspecified atom stereocenters. The Labute approximate surface area is 198 Å². The van der Waals surface area contributed by atoms with Gasteiger partial charge in [0, 0.05) is 48.9 Å². The van der Waals surface area contributed by atoms with Crippen LogP contribution in [0.5, 0.6) is 0 Å². The van der Waals surface area contributed by atoms with Crippen LogP contribution in [0.25, 0.3) is 10.9 Å². The molecule has 0 spiro atoms. The molecule has 7 nitrogen and oxygen atoms in total. The minimum absolute atomic E-state index is 0. The second kappa shape index (κ2) is 10.7. The summed E-state index contributed by atoms with van der Waals surface area (Å²) in [5, 5.41) is 7.64. The van der Waals surface area contributed by atoms with Crippen LogP contribution in [0.15, 0.2) is 47.2 Å². The molecule has 170 valence electrons. The second-order valence-corrected chi connectivity index (χ2v) is 9.16. The molecular formula is C24H31BrN6O. The molecule has 1 aromatic carbocycles. The zero-order chi connectivity index (χ0) is 21.8. The molecule has 3 aromatic rings. The molecule has 0 saturated heterocycles. The van der Waals surface area contributed by atoms with E-state index >= 15 is 0 Å². The molecule has 1 amide bonds. The van der Waals surface area contributed by atoms with Gasteiger partial charge in [-0.15, -0.1) is 0 Å². The number of carbonyl (C=O) groups excluding carboxylic acids is 1. The van der Waals surface area contributed by atoms with Crippen molar-refractivity contribution >= 4 is 44.5 Å². The van der Waals surface area contributed by atoms with E-state index in [0.29, 0.717) is 30.0 Å². The predicted octanol–water partition coefficient (Wildman–Crippen LogP) is 4.89. The highest BCUT2D eigenvalue weighted by molar-refractivity contribution is 9.10. The van der Waals surface area contributed by atoms with Crippen LogP contribution in [-0.2, 0) is 0 Å². The van der Waals surface area contributed by atoms with Crippen LogP contribution < -0.4 is 15.5 Å². The van der Waals surface area contributed by atoms with Gasteiger partial charge in [-0.3, -0.25) is 9.78 Å². The fourth-order valence-corrected chi connectivity index (χ4v) is 4.40. The summed E-state index contributed by atoms with van der Waals surface area (Å²) in [4.78, 5) is 27.9. The molecule has 1 aliphatic carbocycles. The third kappa shape index (κ3) is 5.73. The van der Waals surface area contributed by atoms with Gasteiger partial charge in [-0.05, 0) is 65.7 Å². The summed E-state index contributed by atoms with van der Waals surface area (Å²) in [7, 11) is 4.00. The lowest BCUT2D eigenvalue weighted by atomic mass is 9.86. The van der Waals surface area contributed by atoms with Gasteiger partial charge in [-0.25, -0.2) is 4.98 Å². The van der Waals surface area contributed by atoms with Gasteiger partial charge < -0.3 is 15.5 Å². The normalized spacial score (nSPS) is 18.0. The number of aromatic nitrogens is 3. The highest BCUT2D eigenvalue weighted by Gasteiger charge is 2.23. The van der Waals surface area contributed by atoms with Crippen LogP contribution in [0.4, 0.5) is 11.8 Å². The van der Waals surface area contributed by atoms with E-state index in [2.05, 4.69) is 37.6 Å². The quantitative estimate of drug-likeness (QED) is 0.503. The Morgan fingerprint density at radius 1 is 1.12 bits per heavy atom. The lowest BCUT2D eigenvalue weighted by molar-refractivity contribution is 0.0943. The third-order valence-electron chi connectivity index (χ3n) is 5.71. The van der Waals surface area contributed by atoms with Crippen molar-refractivity contribution < 1.29 is 4.79 Å². The molecule has 0 aliphatic heterocycles. The minimum atomic E-state index is -0.0742. The summed E-state index contributed by atoms with van der Waals surface area (Å²) in [6, 6.07) is 10.2. The van der Waals surface area contributed by atoms with Gasteiger partial charge in [-0.2, -0.15) is 4.98 Å². The van der Waals surface area contributed by atoms with Crippen molar-refractivity contribution in [3.8, 4) is 0 Å². The average molecular weight is 499 g/mol. The van der Waals surface area contributed by atoms with Crippen LogP contribution in [0.1, 0.15) is 43.5 Å². The smallest absolute Gasteiger partial charge is 0.252 e. The number of carbonyl (C=O) groups is 1. The molecule has 4 rings (SSSR count). The van der Waals surface area contributed by atoms with Crippen LogP contribution in [0.2, 0.25) is 0 Å². The maximum atomic E-state index is 12.3. The number of para-hydroxylation sites is 1. The summed E-state index contributed by atoms with van der Waals surface area (Å²) in [5.41, 5.74) is 1.53. The van der Waals surface area contributed by atoms with E-state index < -0.39 is 0 Å². The number of benzene rings is 1. The Bertz CT molecular complexity index is 1070. The summed E-state index contributed by atoms with van der Waals surface area (Å²) in [6.07, 6.45) is 7.45. The van der Waals surface area contributed by atoms with E-state index in [-0.39, 0.29) is 13.3 Å². The highest BCUT2D eigenvalue weighted by atomic mass is 79.9. The van der Waals surface area contributed by atoms with E-state index in [4.69, 9.17) is 9.97 Å². The maximum Gasteiger partial charge on any atom is 0.252 e. The molecule has 2 N–H and O–H groups in total. The summed E-state index contributed by atoms with van der Waals surface area (Å²) in [5.74, 6) is 2.01. The van der Waals surface area contributed by atoms with Crippen molar-refractivity contribution in [1.29, 1.82) is 0 Å². The first-order valence-electron chi connectivity index (χ1n) is 10.6. The minimum Gasteiger partial charge on any atom is -0.362 e. The molecule has 2 heterocycles. The van der Waals surface area contributed by atoms with Crippen LogP contribution in [0.3, 0.4) is 0 Å². The fraction of sp³-hybridized carbons (Fsp3) is 0.417. The lowest BCUT2D eigenvalue weighted by Crippen LogP contribution is -2.34. The molecular weight excluding hydrogens is 468 g/mol. The highest BCUT2D eigenvalue weighted by Crippen LogP contribution is 2.28. The Balaban J connectivity index is 0.00000289. The van der Waals surface area contributed by atoms with Gasteiger partial charge in [0.25, 0.3) is 5.91 Å². The molecule has 2 aromatic heterocycles. The molecule has 0 radical (unpaired) electrons. The van der Waals surface area contributed by atoms with Gasteiger partial charge in [0.05, 0.1) is 11.1 Å². The number of nitrogens with one attached hydrogen (secondary N) is 2. The number of anilines is 2. The van der Waals surface area contributed by atoms with Gasteiger partial charge >= 0.3 is 0 Å². The third-order valence-corrected chi connectivity index (χ3v) is 6.14. The van der Waals surface area contributed by atoms with Gasteiger partial charge in [0.1, 0.15) is 5.82 Å². The number of halogens is 1. The topological polar surface area (TPSA) is 83.0 Å². The predicted molar refractivity (Wildman–Crippen MR) is 134 cm³/mol. The Morgan fingerprint density at radius 2 is 1.88 bits per heavy atom. The number of rotatable bonds is 6. The largest absolute Gasteiger partial charge is 0.362 e. The molecule has 1 saturated carbocycles. The molecule has 8 heteroatoms. The molecule has 0 atom stereocenters. The summed E-state index contributed by atoms with van der Waals surface area (Å²) in [6.45, 7) is 0.690. The zero-order valence-electron chi connectivity index (χ0n) is 17.8. The SMILES string of the molecule is C.CN(C)c1nc(NC2CCC(CNC(=O)c3cncc(Br)c3)CC2)nc2ccccc12. The number of hydrogen-bond donors (Lipinski definition) is 2. The zero-order valence-corrected chi connectivity index (χ0v) is 19.4. The van der Waals surface area contributed by atoms with Crippen molar-refractivity contribution in [3.05, 3.63) is 52.8 Å². The Morgan fingerprint density at radius 3 is 2.59 bits per heavy atom. The first-order valence-corrected chi connectivity index (χ1v) is 11.4. The molecule has 32 heavy (non-hydrogen) atoms. The van der Waals surface area contributed by atoms with Crippen molar-refractivity contribution in [3.63, 3.8) is 0 Å². The van der Waals surface area contributed by atoms with E-state index in [1.807, 2.05) is 37.2 Å². The van der Waals surface area contributed by atoms with Crippen LogP contribution in [0, 0.1) is 5.92 Å². The Kier molecular flexibility index (Phi) is 8.01. The van der Waals surface area contributed by atoms with Crippen LogP contribution in [-0.4, -0.2) is 47.5 Å². The van der Waals surface area contributed by atoms with Gasteiger partial charge in [0.2, 0.25) is 5.95 Å². The van der Waals surface area contributed by atoms with Gasteiger partial charge in [-0.1, -0.05) is 19.6 Å². The van der Waals surface area contributed by atoms with E-state index in [0.717, 1.165) is 46.9 Å². The maximum absolute atomic E-state index is 12.3. The number of nitrogens with zero attached hydrogens (tertiary/aromatic N) is 4.